The van der Waals surface area contributed by atoms with Gasteiger partial charge in [-0.25, -0.2) is 4.79 Å². The van der Waals surface area contributed by atoms with Gasteiger partial charge in [0.15, 0.2) is 0 Å². The van der Waals surface area contributed by atoms with Gasteiger partial charge in [-0.15, -0.1) is 11.3 Å². The Kier molecular flexibility index (Phi) is 4.21. The number of anilines is 1. The summed E-state index contributed by atoms with van der Waals surface area (Å²) in [6.07, 6.45) is 4.01. The number of fused-ring (bicyclic) bond motifs is 1. The van der Waals surface area contributed by atoms with Crippen molar-refractivity contribution in [3.05, 3.63) is 16.0 Å². The van der Waals surface area contributed by atoms with E-state index in [4.69, 9.17) is 10.5 Å². The van der Waals surface area contributed by atoms with Crippen molar-refractivity contribution >= 4 is 28.2 Å². The first-order valence-electron chi connectivity index (χ1n) is 6.34. The van der Waals surface area contributed by atoms with Crippen LogP contribution in [0.15, 0.2) is 0 Å². The number of amides is 1. The van der Waals surface area contributed by atoms with Crippen molar-refractivity contribution in [3.8, 4) is 0 Å². The lowest BCUT2D eigenvalue weighted by Crippen LogP contribution is -2.32. The van der Waals surface area contributed by atoms with Crippen LogP contribution in [0, 0.1) is 0 Å². The maximum Gasteiger partial charge on any atom is 0.341 e. The second-order valence-corrected chi connectivity index (χ2v) is 5.79. The van der Waals surface area contributed by atoms with Crippen molar-refractivity contribution in [1.29, 1.82) is 0 Å². The molecule has 19 heavy (non-hydrogen) atoms. The van der Waals surface area contributed by atoms with Gasteiger partial charge in [-0.05, 0) is 38.2 Å². The minimum absolute atomic E-state index is 0.288. The van der Waals surface area contributed by atoms with Gasteiger partial charge >= 0.3 is 5.97 Å². The molecule has 1 aromatic heterocycles. The van der Waals surface area contributed by atoms with Crippen LogP contribution in [0.1, 0.15) is 40.6 Å². The van der Waals surface area contributed by atoms with Crippen LogP contribution in [0.2, 0.25) is 0 Å². The number of hydrogen-bond acceptors (Lipinski definition) is 5. The number of esters is 1. The van der Waals surface area contributed by atoms with Gasteiger partial charge in [0.25, 0.3) is 0 Å². The second-order valence-electron chi connectivity index (χ2n) is 4.68. The van der Waals surface area contributed by atoms with E-state index < -0.39 is 6.04 Å². The van der Waals surface area contributed by atoms with E-state index in [2.05, 4.69) is 5.32 Å². The van der Waals surface area contributed by atoms with Crippen molar-refractivity contribution in [3.63, 3.8) is 0 Å². The fourth-order valence-electron chi connectivity index (χ4n) is 2.20. The summed E-state index contributed by atoms with van der Waals surface area (Å²) in [4.78, 5) is 24.8. The van der Waals surface area contributed by atoms with Crippen molar-refractivity contribution in [2.75, 3.05) is 12.4 Å². The summed E-state index contributed by atoms with van der Waals surface area (Å²) < 4.78 is 4.83. The summed E-state index contributed by atoms with van der Waals surface area (Å²) in [7, 11) is 1.35. The molecule has 2 rings (SSSR count). The maximum absolute atomic E-state index is 11.9. The van der Waals surface area contributed by atoms with Crippen LogP contribution < -0.4 is 11.1 Å². The molecule has 104 valence electrons. The molecule has 0 aliphatic heterocycles. The smallest absolute Gasteiger partial charge is 0.341 e. The molecular weight excluding hydrogens is 264 g/mol. The molecule has 0 bridgehead atoms. The number of hydrogen-bond donors (Lipinski definition) is 2. The van der Waals surface area contributed by atoms with Crippen LogP contribution >= 0.6 is 11.3 Å². The molecule has 1 aromatic rings. The Morgan fingerprint density at radius 3 is 2.68 bits per heavy atom. The summed E-state index contributed by atoms with van der Waals surface area (Å²) in [6, 6.07) is -0.607. The van der Waals surface area contributed by atoms with Gasteiger partial charge in [-0.1, -0.05) is 0 Å². The van der Waals surface area contributed by atoms with Gasteiger partial charge in [0.1, 0.15) is 5.00 Å². The highest BCUT2D eigenvalue weighted by Gasteiger charge is 2.27. The number of nitrogens with one attached hydrogen (secondary N) is 1. The molecule has 1 aliphatic rings. The van der Waals surface area contributed by atoms with Gasteiger partial charge in [-0.3, -0.25) is 4.79 Å². The van der Waals surface area contributed by atoms with Crippen LogP contribution in [0.3, 0.4) is 0 Å². The van der Waals surface area contributed by atoms with Gasteiger partial charge < -0.3 is 15.8 Å². The molecule has 0 unspecified atom stereocenters. The molecule has 0 radical (unpaired) electrons. The second kappa shape index (κ2) is 5.71. The number of nitrogens with two attached hydrogens (primary N) is 1. The molecule has 1 atom stereocenters. The lowest BCUT2D eigenvalue weighted by atomic mass is 9.95. The van der Waals surface area contributed by atoms with Crippen LogP contribution in [-0.4, -0.2) is 25.0 Å². The van der Waals surface area contributed by atoms with Crippen molar-refractivity contribution < 1.29 is 14.3 Å². The molecule has 0 fully saturated rings. The monoisotopic (exact) mass is 282 g/mol. The Labute approximate surface area is 116 Å². The molecule has 0 spiro atoms. The van der Waals surface area contributed by atoms with E-state index in [0.29, 0.717) is 10.6 Å². The molecular formula is C13H18N2O3S. The Morgan fingerprint density at radius 1 is 1.37 bits per heavy atom. The predicted octanol–water partition coefficient (Wildman–Crippen LogP) is 1.70. The van der Waals surface area contributed by atoms with E-state index in [9.17, 15) is 9.59 Å². The minimum Gasteiger partial charge on any atom is -0.465 e. The number of ether oxygens (including phenoxy) is 1. The van der Waals surface area contributed by atoms with E-state index in [1.54, 1.807) is 6.92 Å². The molecule has 0 saturated heterocycles. The molecule has 3 N–H and O–H groups in total. The zero-order valence-electron chi connectivity index (χ0n) is 11.1. The zero-order chi connectivity index (χ0) is 14.0. The molecule has 1 amide bonds. The van der Waals surface area contributed by atoms with Crippen molar-refractivity contribution in [1.82, 2.24) is 0 Å². The molecule has 6 heteroatoms. The SMILES string of the molecule is COC(=O)c1c(NC(=O)[C@@H](C)N)sc2c1CCCC2. The van der Waals surface area contributed by atoms with Crippen LogP contribution in [0.25, 0.3) is 0 Å². The number of thiophene rings is 1. The largest absolute Gasteiger partial charge is 0.465 e. The van der Waals surface area contributed by atoms with E-state index in [-0.39, 0.29) is 11.9 Å². The van der Waals surface area contributed by atoms with E-state index >= 15 is 0 Å². The quantitative estimate of drug-likeness (QED) is 0.827. The third kappa shape index (κ3) is 2.79. The third-order valence-electron chi connectivity index (χ3n) is 3.21. The molecule has 0 aromatic carbocycles. The summed E-state index contributed by atoms with van der Waals surface area (Å²) in [5.41, 5.74) is 7.08. The van der Waals surface area contributed by atoms with Gasteiger partial charge in [0.2, 0.25) is 5.91 Å². The normalized spacial score (nSPS) is 15.5. The zero-order valence-corrected chi connectivity index (χ0v) is 11.9. The Bertz CT molecular complexity index is 508. The summed E-state index contributed by atoms with van der Waals surface area (Å²) in [6.45, 7) is 1.61. The lowest BCUT2D eigenvalue weighted by molar-refractivity contribution is -0.117. The fraction of sp³-hybridized carbons (Fsp3) is 0.538. The lowest BCUT2D eigenvalue weighted by Gasteiger charge is -2.12. The number of carbonyl (C=O) groups is 2. The highest BCUT2D eigenvalue weighted by molar-refractivity contribution is 7.17. The van der Waals surface area contributed by atoms with Gasteiger partial charge in [0, 0.05) is 4.88 Å². The van der Waals surface area contributed by atoms with Crippen LogP contribution in [0.4, 0.5) is 5.00 Å². The first kappa shape index (κ1) is 14.0. The van der Waals surface area contributed by atoms with Crippen molar-refractivity contribution in [2.45, 2.75) is 38.6 Å². The van der Waals surface area contributed by atoms with E-state index in [0.717, 1.165) is 31.2 Å². The molecule has 1 heterocycles. The van der Waals surface area contributed by atoms with Crippen LogP contribution in [-0.2, 0) is 22.4 Å². The average Bonchev–Trinajstić information content (AvgIpc) is 2.75. The number of carbonyl (C=O) groups excluding carboxylic acids is 2. The summed E-state index contributed by atoms with van der Waals surface area (Å²) in [5.74, 6) is -0.678. The summed E-state index contributed by atoms with van der Waals surface area (Å²) >= 11 is 1.46. The van der Waals surface area contributed by atoms with Gasteiger partial charge in [-0.2, -0.15) is 0 Å². The Hall–Kier alpha value is -1.40. The van der Waals surface area contributed by atoms with E-state index in [1.807, 2.05) is 0 Å². The van der Waals surface area contributed by atoms with Gasteiger partial charge in [0.05, 0.1) is 18.7 Å². The number of aryl methyl sites for hydroxylation is 1. The maximum atomic E-state index is 11.9. The molecule has 1 aliphatic carbocycles. The summed E-state index contributed by atoms with van der Waals surface area (Å²) in [5, 5.41) is 3.31. The Morgan fingerprint density at radius 2 is 2.05 bits per heavy atom. The number of rotatable bonds is 3. The highest BCUT2D eigenvalue weighted by Crippen LogP contribution is 2.38. The Balaban J connectivity index is 2.39. The molecule has 5 nitrogen and oxygen atoms in total. The first-order chi connectivity index (χ1) is 9.04. The minimum atomic E-state index is -0.607. The highest BCUT2D eigenvalue weighted by atomic mass is 32.1. The van der Waals surface area contributed by atoms with Crippen LogP contribution in [0.5, 0.6) is 0 Å². The van der Waals surface area contributed by atoms with E-state index in [1.165, 1.54) is 23.3 Å². The third-order valence-corrected chi connectivity index (χ3v) is 4.42. The molecule has 0 saturated carbocycles. The number of methoxy groups -OCH3 is 1. The average molecular weight is 282 g/mol. The topological polar surface area (TPSA) is 81.4 Å². The van der Waals surface area contributed by atoms with Crippen molar-refractivity contribution in [2.24, 2.45) is 5.73 Å². The fourth-order valence-corrected chi connectivity index (χ4v) is 3.48. The first-order valence-corrected chi connectivity index (χ1v) is 7.15. The standard InChI is InChI=1S/C13H18N2O3S/c1-7(14)11(16)15-12-10(13(17)18-2)8-5-3-4-6-9(8)19-12/h7H,3-6,14H2,1-2H3,(H,15,16)/t7-/m1/s1. The predicted molar refractivity (Wildman–Crippen MR) is 74.6 cm³/mol.